The molecule has 0 radical (unpaired) electrons. The number of benzene rings is 1. The lowest BCUT2D eigenvalue weighted by molar-refractivity contribution is 0.921. The minimum Gasteiger partial charge on any atom is -0.397 e. The fraction of sp³-hybridized carbons (Fsp3) is 0.200. The highest BCUT2D eigenvalue weighted by Crippen LogP contribution is 2.27. The summed E-state index contributed by atoms with van der Waals surface area (Å²) in [5.41, 5.74) is 8.41. The number of aromatic nitrogens is 1. The summed E-state index contributed by atoms with van der Waals surface area (Å²) in [6.45, 7) is 2.58. The van der Waals surface area contributed by atoms with Gasteiger partial charge in [0.25, 0.3) is 0 Å². The van der Waals surface area contributed by atoms with Crippen LogP contribution in [0.2, 0.25) is 0 Å². The van der Waals surface area contributed by atoms with Gasteiger partial charge in [-0.25, -0.2) is 4.98 Å². The molecular formula is C15H16N4. The van der Waals surface area contributed by atoms with Gasteiger partial charge in [0.2, 0.25) is 0 Å². The van der Waals surface area contributed by atoms with Gasteiger partial charge in [0.1, 0.15) is 5.82 Å². The van der Waals surface area contributed by atoms with E-state index in [1.807, 2.05) is 48.2 Å². The second-order valence-corrected chi connectivity index (χ2v) is 4.30. The molecule has 0 fully saturated rings. The molecule has 0 amide bonds. The Bertz CT molecular complexity index is 587. The van der Waals surface area contributed by atoms with Crippen LogP contribution >= 0.6 is 0 Å². The normalized spacial score (nSPS) is 9.89. The van der Waals surface area contributed by atoms with Crippen LogP contribution in [-0.2, 0) is 0 Å². The van der Waals surface area contributed by atoms with E-state index in [1.54, 1.807) is 6.20 Å². The average Bonchev–Trinajstić information content (AvgIpc) is 2.42. The standard InChI is InChI=1S/C15H16N4/c1-12-10-13(17)11-18-15(12)19(9-5-8-16)14-6-3-2-4-7-14/h2-4,6-7,10-11H,5,9,17H2,1H3. The molecule has 0 saturated heterocycles. The van der Waals surface area contributed by atoms with Crippen molar-refractivity contribution in [3.63, 3.8) is 0 Å². The van der Waals surface area contributed by atoms with Crippen molar-refractivity contribution in [2.24, 2.45) is 0 Å². The molecule has 0 atom stereocenters. The molecule has 2 rings (SSSR count). The Balaban J connectivity index is 2.40. The Kier molecular flexibility index (Phi) is 3.99. The van der Waals surface area contributed by atoms with Gasteiger partial charge in [0, 0.05) is 12.2 Å². The zero-order valence-corrected chi connectivity index (χ0v) is 10.9. The van der Waals surface area contributed by atoms with Crippen LogP contribution in [0, 0.1) is 18.3 Å². The molecule has 0 unspecified atom stereocenters. The summed E-state index contributed by atoms with van der Waals surface area (Å²) in [6, 6.07) is 14.0. The maximum atomic E-state index is 8.81. The third-order valence-electron chi connectivity index (χ3n) is 2.84. The van der Waals surface area contributed by atoms with Crippen molar-refractivity contribution in [2.75, 3.05) is 17.2 Å². The Labute approximate surface area is 113 Å². The van der Waals surface area contributed by atoms with E-state index in [0.29, 0.717) is 18.7 Å². The maximum Gasteiger partial charge on any atom is 0.136 e. The van der Waals surface area contributed by atoms with Gasteiger partial charge >= 0.3 is 0 Å². The highest BCUT2D eigenvalue weighted by molar-refractivity contribution is 5.64. The Morgan fingerprint density at radius 1 is 1.32 bits per heavy atom. The predicted molar refractivity (Wildman–Crippen MR) is 77.1 cm³/mol. The molecule has 96 valence electrons. The lowest BCUT2D eigenvalue weighted by Crippen LogP contribution is -2.20. The summed E-state index contributed by atoms with van der Waals surface area (Å²) in [7, 11) is 0. The number of anilines is 3. The van der Waals surface area contributed by atoms with Gasteiger partial charge in [0.05, 0.1) is 24.4 Å². The largest absolute Gasteiger partial charge is 0.397 e. The number of aryl methyl sites for hydroxylation is 1. The van der Waals surface area contributed by atoms with Crippen molar-refractivity contribution in [3.8, 4) is 6.07 Å². The Morgan fingerprint density at radius 3 is 2.68 bits per heavy atom. The Morgan fingerprint density at radius 2 is 2.05 bits per heavy atom. The number of para-hydroxylation sites is 1. The molecule has 1 aromatic heterocycles. The molecule has 1 aromatic carbocycles. The van der Waals surface area contributed by atoms with E-state index >= 15 is 0 Å². The number of nitrogen functional groups attached to an aromatic ring is 1. The minimum atomic E-state index is 0.445. The molecule has 0 spiro atoms. The molecule has 0 aliphatic rings. The average molecular weight is 252 g/mol. The molecule has 0 aliphatic heterocycles. The summed E-state index contributed by atoms with van der Waals surface area (Å²) in [6.07, 6.45) is 2.09. The van der Waals surface area contributed by atoms with Gasteiger partial charge in [-0.3, -0.25) is 0 Å². The van der Waals surface area contributed by atoms with Gasteiger partial charge in [-0.1, -0.05) is 18.2 Å². The number of hydrogen-bond acceptors (Lipinski definition) is 4. The summed E-state index contributed by atoms with van der Waals surface area (Å²) in [5, 5.41) is 8.81. The van der Waals surface area contributed by atoms with Crippen LogP contribution in [0.1, 0.15) is 12.0 Å². The second-order valence-electron chi connectivity index (χ2n) is 4.30. The van der Waals surface area contributed by atoms with Gasteiger partial charge in [-0.2, -0.15) is 5.26 Å². The minimum absolute atomic E-state index is 0.445. The summed E-state index contributed by atoms with van der Waals surface area (Å²) >= 11 is 0. The smallest absolute Gasteiger partial charge is 0.136 e. The molecule has 4 nitrogen and oxygen atoms in total. The van der Waals surface area contributed by atoms with Gasteiger partial charge in [0.15, 0.2) is 0 Å². The van der Waals surface area contributed by atoms with E-state index in [1.165, 1.54) is 0 Å². The predicted octanol–water partition coefficient (Wildman–Crippen LogP) is 3.02. The monoisotopic (exact) mass is 252 g/mol. The van der Waals surface area contributed by atoms with Crippen molar-refractivity contribution < 1.29 is 0 Å². The molecule has 0 bridgehead atoms. The summed E-state index contributed by atoms with van der Waals surface area (Å²) < 4.78 is 0. The zero-order chi connectivity index (χ0) is 13.7. The van der Waals surface area contributed by atoms with Crippen LogP contribution in [0.15, 0.2) is 42.6 Å². The fourth-order valence-electron chi connectivity index (χ4n) is 2.00. The molecular weight excluding hydrogens is 236 g/mol. The molecule has 2 aromatic rings. The molecule has 1 heterocycles. The Hall–Kier alpha value is -2.54. The van der Waals surface area contributed by atoms with Crippen LogP contribution < -0.4 is 10.6 Å². The zero-order valence-electron chi connectivity index (χ0n) is 10.9. The number of pyridine rings is 1. The molecule has 0 saturated carbocycles. The lowest BCUT2D eigenvalue weighted by Gasteiger charge is -2.24. The van der Waals surface area contributed by atoms with Gasteiger partial charge in [-0.05, 0) is 30.7 Å². The number of rotatable bonds is 4. The SMILES string of the molecule is Cc1cc(N)cnc1N(CCC#N)c1ccccc1. The van der Waals surface area contributed by atoms with E-state index in [-0.39, 0.29) is 0 Å². The first-order chi connectivity index (χ1) is 9.22. The van der Waals surface area contributed by atoms with Crippen molar-refractivity contribution in [1.29, 1.82) is 5.26 Å². The third-order valence-corrected chi connectivity index (χ3v) is 2.84. The van der Waals surface area contributed by atoms with E-state index in [0.717, 1.165) is 17.1 Å². The van der Waals surface area contributed by atoms with E-state index < -0.39 is 0 Å². The highest BCUT2D eigenvalue weighted by atomic mass is 15.2. The number of nitrogens with zero attached hydrogens (tertiary/aromatic N) is 3. The van der Waals surface area contributed by atoms with Crippen molar-refractivity contribution in [1.82, 2.24) is 4.98 Å². The molecule has 19 heavy (non-hydrogen) atoms. The van der Waals surface area contributed by atoms with Crippen molar-refractivity contribution in [3.05, 3.63) is 48.2 Å². The third kappa shape index (κ3) is 3.02. The number of hydrogen-bond donors (Lipinski definition) is 1. The molecule has 2 N–H and O–H groups in total. The van der Waals surface area contributed by atoms with Crippen molar-refractivity contribution >= 4 is 17.2 Å². The summed E-state index contributed by atoms with van der Waals surface area (Å²) in [4.78, 5) is 6.44. The highest BCUT2D eigenvalue weighted by Gasteiger charge is 2.12. The van der Waals surface area contributed by atoms with Gasteiger partial charge < -0.3 is 10.6 Å². The van der Waals surface area contributed by atoms with E-state index in [4.69, 9.17) is 11.0 Å². The van der Waals surface area contributed by atoms with Crippen LogP contribution in [0.3, 0.4) is 0 Å². The number of nitriles is 1. The maximum absolute atomic E-state index is 8.81. The topological polar surface area (TPSA) is 65.9 Å². The van der Waals surface area contributed by atoms with Gasteiger partial charge in [-0.15, -0.1) is 0 Å². The number of nitrogens with two attached hydrogens (primary N) is 1. The van der Waals surface area contributed by atoms with E-state index in [2.05, 4.69) is 11.1 Å². The first kappa shape index (κ1) is 12.9. The van der Waals surface area contributed by atoms with Crippen LogP contribution in [0.5, 0.6) is 0 Å². The quantitative estimate of drug-likeness (QED) is 0.908. The van der Waals surface area contributed by atoms with E-state index in [9.17, 15) is 0 Å². The van der Waals surface area contributed by atoms with Crippen LogP contribution in [-0.4, -0.2) is 11.5 Å². The molecule has 4 heteroatoms. The van der Waals surface area contributed by atoms with Crippen LogP contribution in [0.25, 0.3) is 0 Å². The first-order valence-corrected chi connectivity index (χ1v) is 6.14. The van der Waals surface area contributed by atoms with Crippen LogP contribution in [0.4, 0.5) is 17.2 Å². The van der Waals surface area contributed by atoms with Crippen molar-refractivity contribution in [2.45, 2.75) is 13.3 Å². The molecule has 0 aliphatic carbocycles. The first-order valence-electron chi connectivity index (χ1n) is 6.14. The fourth-order valence-corrected chi connectivity index (χ4v) is 2.00. The summed E-state index contributed by atoms with van der Waals surface area (Å²) in [5.74, 6) is 0.843. The lowest BCUT2D eigenvalue weighted by atomic mass is 10.2. The second kappa shape index (κ2) is 5.87.